The molecule has 1 aliphatic rings. The number of nitrogens with two attached hydrogens (primary N) is 1. The Kier molecular flexibility index (Phi) is 4.01. The second-order valence-electron chi connectivity index (χ2n) is 5.80. The second kappa shape index (κ2) is 5.93. The molecule has 2 heterocycles. The van der Waals surface area contributed by atoms with Crippen molar-refractivity contribution < 1.29 is 5.11 Å². The van der Waals surface area contributed by atoms with Crippen molar-refractivity contribution in [3.63, 3.8) is 0 Å². The van der Waals surface area contributed by atoms with Gasteiger partial charge in [0, 0.05) is 13.1 Å². The summed E-state index contributed by atoms with van der Waals surface area (Å²) in [6.07, 6.45) is 5.14. The molecule has 1 saturated heterocycles. The highest BCUT2D eigenvalue weighted by molar-refractivity contribution is 5.39. The standard InChI is InChI=1S/C15H21N5O/c16-15(10-21)6-3-7-19(9-15)8-13-4-1-2-5-14(13)20-12-17-11-18-20/h1-2,4-5,11-12,21H,3,6-10,16H2. The Morgan fingerprint density at radius 2 is 2.19 bits per heavy atom. The first-order valence-corrected chi connectivity index (χ1v) is 7.25. The van der Waals surface area contributed by atoms with Crippen molar-refractivity contribution in [2.75, 3.05) is 19.7 Å². The third kappa shape index (κ3) is 3.12. The Morgan fingerprint density at radius 1 is 1.33 bits per heavy atom. The van der Waals surface area contributed by atoms with E-state index in [1.807, 2.05) is 18.2 Å². The van der Waals surface area contributed by atoms with Crippen molar-refractivity contribution in [1.29, 1.82) is 0 Å². The number of hydrogen-bond donors (Lipinski definition) is 2. The Hall–Kier alpha value is -1.76. The van der Waals surface area contributed by atoms with Crippen LogP contribution in [0.25, 0.3) is 5.69 Å². The summed E-state index contributed by atoms with van der Waals surface area (Å²) in [5.74, 6) is 0. The van der Waals surface area contributed by atoms with E-state index < -0.39 is 5.54 Å². The molecule has 1 aromatic heterocycles. The van der Waals surface area contributed by atoms with Crippen molar-refractivity contribution >= 4 is 0 Å². The average molecular weight is 287 g/mol. The molecule has 112 valence electrons. The van der Waals surface area contributed by atoms with Crippen molar-refractivity contribution in [1.82, 2.24) is 19.7 Å². The number of para-hydroxylation sites is 1. The minimum Gasteiger partial charge on any atom is -0.394 e. The van der Waals surface area contributed by atoms with Crippen LogP contribution in [0.3, 0.4) is 0 Å². The first-order valence-electron chi connectivity index (χ1n) is 7.25. The molecule has 0 radical (unpaired) electrons. The zero-order chi connectivity index (χ0) is 14.7. The van der Waals surface area contributed by atoms with E-state index in [0.717, 1.165) is 38.2 Å². The molecule has 2 aromatic rings. The van der Waals surface area contributed by atoms with Crippen LogP contribution in [0.1, 0.15) is 18.4 Å². The quantitative estimate of drug-likeness (QED) is 0.858. The summed E-state index contributed by atoms with van der Waals surface area (Å²) in [4.78, 5) is 6.31. The number of aliphatic hydroxyl groups excluding tert-OH is 1. The molecule has 6 heteroatoms. The van der Waals surface area contributed by atoms with Gasteiger partial charge in [-0.15, -0.1) is 0 Å². The number of nitrogens with zero attached hydrogens (tertiary/aromatic N) is 4. The highest BCUT2D eigenvalue weighted by Gasteiger charge is 2.31. The third-order valence-electron chi connectivity index (χ3n) is 4.05. The monoisotopic (exact) mass is 287 g/mol. The van der Waals surface area contributed by atoms with Gasteiger partial charge < -0.3 is 10.8 Å². The molecule has 1 aromatic carbocycles. The molecule has 1 atom stereocenters. The molecule has 0 saturated carbocycles. The van der Waals surface area contributed by atoms with Gasteiger partial charge in [0.2, 0.25) is 0 Å². The van der Waals surface area contributed by atoms with Crippen LogP contribution >= 0.6 is 0 Å². The molecule has 0 amide bonds. The maximum absolute atomic E-state index is 9.46. The summed E-state index contributed by atoms with van der Waals surface area (Å²) in [5.41, 5.74) is 7.96. The molecule has 0 bridgehead atoms. The molecule has 0 aliphatic carbocycles. The highest BCUT2D eigenvalue weighted by Crippen LogP contribution is 2.22. The molecule has 6 nitrogen and oxygen atoms in total. The Balaban J connectivity index is 1.79. The van der Waals surface area contributed by atoms with Crippen molar-refractivity contribution in [3.8, 4) is 5.69 Å². The van der Waals surface area contributed by atoms with Gasteiger partial charge in [-0.3, -0.25) is 4.90 Å². The van der Waals surface area contributed by atoms with Crippen LogP contribution in [0.15, 0.2) is 36.9 Å². The van der Waals surface area contributed by atoms with E-state index in [1.54, 1.807) is 11.0 Å². The number of rotatable bonds is 4. The molecule has 0 spiro atoms. The number of hydrogen-bond acceptors (Lipinski definition) is 5. The molecule has 21 heavy (non-hydrogen) atoms. The highest BCUT2D eigenvalue weighted by atomic mass is 16.3. The summed E-state index contributed by atoms with van der Waals surface area (Å²) in [6.45, 7) is 2.56. The van der Waals surface area contributed by atoms with E-state index >= 15 is 0 Å². The van der Waals surface area contributed by atoms with Crippen molar-refractivity contribution in [2.45, 2.75) is 24.9 Å². The molecule has 3 N–H and O–H groups in total. The average Bonchev–Trinajstić information content (AvgIpc) is 3.02. The van der Waals surface area contributed by atoms with Crippen LogP contribution in [0.2, 0.25) is 0 Å². The lowest BCUT2D eigenvalue weighted by atomic mass is 9.91. The van der Waals surface area contributed by atoms with Crippen LogP contribution in [-0.4, -0.2) is 50.0 Å². The van der Waals surface area contributed by atoms with Gasteiger partial charge in [0.1, 0.15) is 12.7 Å². The number of piperidine rings is 1. The van der Waals surface area contributed by atoms with Crippen LogP contribution in [0.4, 0.5) is 0 Å². The van der Waals surface area contributed by atoms with Gasteiger partial charge >= 0.3 is 0 Å². The van der Waals surface area contributed by atoms with Gasteiger partial charge in [-0.05, 0) is 31.0 Å². The van der Waals surface area contributed by atoms with Gasteiger partial charge in [0.05, 0.1) is 17.8 Å². The van der Waals surface area contributed by atoms with E-state index in [0.29, 0.717) is 0 Å². The lowest BCUT2D eigenvalue weighted by Gasteiger charge is -2.39. The summed E-state index contributed by atoms with van der Waals surface area (Å²) < 4.78 is 1.78. The fraction of sp³-hybridized carbons (Fsp3) is 0.467. The summed E-state index contributed by atoms with van der Waals surface area (Å²) in [7, 11) is 0. The number of aliphatic hydroxyl groups is 1. The van der Waals surface area contributed by atoms with Gasteiger partial charge in [-0.25, -0.2) is 9.67 Å². The molecule has 1 aliphatic heterocycles. The Bertz CT molecular complexity index is 586. The Labute approximate surface area is 124 Å². The van der Waals surface area contributed by atoms with Crippen LogP contribution in [-0.2, 0) is 6.54 Å². The summed E-state index contributed by atoms with van der Waals surface area (Å²) in [6, 6.07) is 8.16. The first-order chi connectivity index (χ1) is 10.2. The van der Waals surface area contributed by atoms with Crippen LogP contribution in [0, 0.1) is 0 Å². The maximum Gasteiger partial charge on any atom is 0.138 e. The van der Waals surface area contributed by atoms with Gasteiger partial charge in [0.25, 0.3) is 0 Å². The molecule has 1 fully saturated rings. The van der Waals surface area contributed by atoms with Crippen molar-refractivity contribution in [3.05, 3.63) is 42.5 Å². The zero-order valence-corrected chi connectivity index (χ0v) is 12.0. The predicted octanol–water partition coefficient (Wildman–Crippen LogP) is 0.553. The SMILES string of the molecule is NC1(CO)CCCN(Cc2ccccc2-n2cncn2)C1. The minimum absolute atomic E-state index is 0.0359. The normalized spacial score (nSPS) is 23.3. The maximum atomic E-state index is 9.46. The second-order valence-corrected chi connectivity index (χ2v) is 5.80. The summed E-state index contributed by atoms with van der Waals surface area (Å²) in [5, 5.41) is 13.7. The number of benzene rings is 1. The first kappa shape index (κ1) is 14.2. The lowest BCUT2D eigenvalue weighted by molar-refractivity contribution is 0.0901. The lowest BCUT2D eigenvalue weighted by Crippen LogP contribution is -2.56. The van der Waals surface area contributed by atoms with Gasteiger partial charge in [0.15, 0.2) is 0 Å². The number of likely N-dealkylation sites (tertiary alicyclic amines) is 1. The topological polar surface area (TPSA) is 80.2 Å². The van der Waals surface area contributed by atoms with E-state index in [4.69, 9.17) is 5.73 Å². The Morgan fingerprint density at radius 3 is 2.95 bits per heavy atom. The third-order valence-corrected chi connectivity index (χ3v) is 4.05. The van der Waals surface area contributed by atoms with E-state index in [-0.39, 0.29) is 6.61 Å². The fourth-order valence-corrected chi connectivity index (χ4v) is 2.96. The number of aromatic nitrogens is 3. The zero-order valence-electron chi connectivity index (χ0n) is 12.0. The molecular formula is C15H21N5O. The predicted molar refractivity (Wildman–Crippen MR) is 79.9 cm³/mol. The molecule has 3 rings (SSSR count). The van der Waals surface area contributed by atoms with Crippen LogP contribution < -0.4 is 5.73 Å². The summed E-state index contributed by atoms with van der Waals surface area (Å²) >= 11 is 0. The van der Waals surface area contributed by atoms with E-state index in [1.165, 1.54) is 11.9 Å². The van der Waals surface area contributed by atoms with Crippen molar-refractivity contribution in [2.24, 2.45) is 5.73 Å². The van der Waals surface area contributed by atoms with Crippen LogP contribution in [0.5, 0.6) is 0 Å². The fourth-order valence-electron chi connectivity index (χ4n) is 2.96. The van der Waals surface area contributed by atoms with Gasteiger partial charge in [-0.2, -0.15) is 5.10 Å². The van der Waals surface area contributed by atoms with Gasteiger partial charge in [-0.1, -0.05) is 18.2 Å². The van der Waals surface area contributed by atoms with E-state index in [2.05, 4.69) is 21.0 Å². The molecular weight excluding hydrogens is 266 g/mol. The van der Waals surface area contributed by atoms with E-state index in [9.17, 15) is 5.11 Å². The molecule has 1 unspecified atom stereocenters. The minimum atomic E-state index is -0.472. The largest absolute Gasteiger partial charge is 0.394 e. The smallest absolute Gasteiger partial charge is 0.138 e.